The van der Waals surface area contributed by atoms with Gasteiger partial charge in [0.25, 0.3) is 0 Å². The molecule has 1 aliphatic carbocycles. The van der Waals surface area contributed by atoms with Crippen molar-refractivity contribution < 1.29 is 9.53 Å². The van der Waals surface area contributed by atoms with E-state index in [9.17, 15) is 4.79 Å². The van der Waals surface area contributed by atoms with Gasteiger partial charge in [0.05, 0.1) is 0 Å². The Bertz CT molecular complexity index is 519. The molecular weight excluding hydrogens is 376 g/mol. The standard InChI is InChI=1S/C17H27BrN2O2S/c1-17(2,3)22-16(21)20(4)14-7-5-13(6-8-14)19-10-15-9-12(18)11-23-15/h9,11,13-14,19H,5-8,10H2,1-4H3. The summed E-state index contributed by atoms with van der Waals surface area (Å²) in [5, 5.41) is 5.75. The second kappa shape index (κ2) is 7.99. The molecule has 23 heavy (non-hydrogen) atoms. The van der Waals surface area contributed by atoms with Crippen molar-refractivity contribution in [2.75, 3.05) is 7.05 Å². The minimum atomic E-state index is -0.431. The molecule has 4 nitrogen and oxygen atoms in total. The monoisotopic (exact) mass is 402 g/mol. The lowest BCUT2D eigenvalue weighted by Gasteiger charge is -2.35. The summed E-state index contributed by atoms with van der Waals surface area (Å²) in [5.41, 5.74) is -0.431. The lowest BCUT2D eigenvalue weighted by molar-refractivity contribution is 0.0179. The molecule has 0 bridgehead atoms. The Labute approximate surface area is 151 Å². The minimum Gasteiger partial charge on any atom is -0.444 e. The summed E-state index contributed by atoms with van der Waals surface area (Å²) >= 11 is 5.26. The maximum atomic E-state index is 12.1. The number of carbonyl (C=O) groups excluding carboxylic acids is 1. The number of hydrogen-bond donors (Lipinski definition) is 1. The molecule has 1 amide bonds. The minimum absolute atomic E-state index is 0.211. The first kappa shape index (κ1) is 18.7. The molecule has 1 aromatic rings. The van der Waals surface area contributed by atoms with Crippen LogP contribution in [0.4, 0.5) is 4.79 Å². The van der Waals surface area contributed by atoms with E-state index in [0.29, 0.717) is 12.1 Å². The van der Waals surface area contributed by atoms with E-state index in [-0.39, 0.29) is 6.09 Å². The molecule has 1 aromatic heterocycles. The summed E-state index contributed by atoms with van der Waals surface area (Å²) in [7, 11) is 1.86. The van der Waals surface area contributed by atoms with Crippen LogP contribution in [0.25, 0.3) is 0 Å². The lowest BCUT2D eigenvalue weighted by atomic mass is 9.90. The highest BCUT2D eigenvalue weighted by Gasteiger charge is 2.29. The van der Waals surface area contributed by atoms with E-state index < -0.39 is 5.60 Å². The van der Waals surface area contributed by atoms with Crippen LogP contribution in [0.3, 0.4) is 0 Å². The van der Waals surface area contributed by atoms with Crippen molar-refractivity contribution in [2.24, 2.45) is 0 Å². The Hall–Kier alpha value is -0.590. The van der Waals surface area contributed by atoms with Crippen LogP contribution in [0.2, 0.25) is 0 Å². The topological polar surface area (TPSA) is 41.6 Å². The van der Waals surface area contributed by atoms with Crippen LogP contribution < -0.4 is 5.32 Å². The molecule has 6 heteroatoms. The third-order valence-electron chi connectivity index (χ3n) is 4.11. The Morgan fingerprint density at radius 2 is 2.04 bits per heavy atom. The number of halogens is 1. The molecule has 0 radical (unpaired) electrons. The van der Waals surface area contributed by atoms with E-state index in [4.69, 9.17) is 4.74 Å². The number of nitrogens with zero attached hydrogens (tertiary/aromatic N) is 1. The summed E-state index contributed by atoms with van der Waals surface area (Å²) in [5.74, 6) is 0. The van der Waals surface area contributed by atoms with Crippen LogP contribution in [0.5, 0.6) is 0 Å². The van der Waals surface area contributed by atoms with Gasteiger partial charge in [-0.1, -0.05) is 0 Å². The Morgan fingerprint density at radius 3 is 2.57 bits per heavy atom. The molecule has 0 saturated heterocycles. The number of amides is 1. The highest BCUT2D eigenvalue weighted by atomic mass is 79.9. The van der Waals surface area contributed by atoms with Gasteiger partial charge in [-0.25, -0.2) is 4.79 Å². The first-order chi connectivity index (χ1) is 10.7. The van der Waals surface area contributed by atoms with Gasteiger partial charge in [-0.15, -0.1) is 11.3 Å². The predicted octanol–water partition coefficient (Wildman–Crippen LogP) is 4.78. The van der Waals surface area contributed by atoms with E-state index in [1.54, 1.807) is 16.2 Å². The molecule has 0 aliphatic heterocycles. The van der Waals surface area contributed by atoms with Gasteiger partial charge in [-0.05, 0) is 68.5 Å². The number of ether oxygens (including phenoxy) is 1. The molecule has 1 N–H and O–H groups in total. The Kier molecular flexibility index (Phi) is 6.51. The summed E-state index contributed by atoms with van der Waals surface area (Å²) < 4.78 is 6.61. The van der Waals surface area contributed by atoms with Crippen molar-refractivity contribution in [3.05, 3.63) is 20.8 Å². The van der Waals surface area contributed by atoms with E-state index in [2.05, 4.69) is 32.7 Å². The molecule has 1 heterocycles. The average Bonchev–Trinajstić information content (AvgIpc) is 2.89. The largest absolute Gasteiger partial charge is 0.444 e. The predicted molar refractivity (Wildman–Crippen MR) is 98.9 cm³/mol. The van der Waals surface area contributed by atoms with Crippen molar-refractivity contribution in [2.45, 2.75) is 70.7 Å². The average molecular weight is 403 g/mol. The summed E-state index contributed by atoms with van der Waals surface area (Å²) in [4.78, 5) is 15.3. The quantitative estimate of drug-likeness (QED) is 0.787. The van der Waals surface area contributed by atoms with Gasteiger partial charge in [0.2, 0.25) is 0 Å². The van der Waals surface area contributed by atoms with Crippen LogP contribution in [0, 0.1) is 0 Å². The second-order valence-electron chi connectivity index (χ2n) is 7.21. The summed E-state index contributed by atoms with van der Waals surface area (Å²) in [6.45, 7) is 6.64. The van der Waals surface area contributed by atoms with E-state index in [1.165, 1.54) is 4.88 Å². The zero-order valence-corrected chi connectivity index (χ0v) is 16.8. The smallest absolute Gasteiger partial charge is 0.410 e. The first-order valence-corrected chi connectivity index (χ1v) is 9.84. The van der Waals surface area contributed by atoms with E-state index in [0.717, 1.165) is 36.7 Å². The van der Waals surface area contributed by atoms with Crippen LogP contribution in [0.1, 0.15) is 51.3 Å². The molecule has 1 aliphatic rings. The highest BCUT2D eigenvalue weighted by Crippen LogP contribution is 2.25. The SMILES string of the molecule is CN(C(=O)OC(C)(C)C)C1CCC(NCc2cc(Br)cs2)CC1. The molecule has 1 fully saturated rings. The number of nitrogens with one attached hydrogen (secondary N) is 1. The van der Waals surface area contributed by atoms with Gasteiger partial charge in [0, 0.05) is 40.4 Å². The fraction of sp³-hybridized carbons (Fsp3) is 0.706. The molecule has 0 spiro atoms. The maximum absolute atomic E-state index is 12.1. The number of rotatable bonds is 4. The van der Waals surface area contributed by atoms with Gasteiger partial charge < -0.3 is 15.0 Å². The van der Waals surface area contributed by atoms with Crippen LogP contribution in [0.15, 0.2) is 15.9 Å². The van der Waals surface area contributed by atoms with Crippen molar-refractivity contribution in [1.29, 1.82) is 0 Å². The van der Waals surface area contributed by atoms with Crippen molar-refractivity contribution in [3.8, 4) is 0 Å². The van der Waals surface area contributed by atoms with Gasteiger partial charge in [0.15, 0.2) is 0 Å². The molecule has 130 valence electrons. The fourth-order valence-electron chi connectivity index (χ4n) is 2.84. The normalized spacial score (nSPS) is 22.0. The van der Waals surface area contributed by atoms with Gasteiger partial charge in [-0.3, -0.25) is 0 Å². The zero-order valence-electron chi connectivity index (χ0n) is 14.4. The maximum Gasteiger partial charge on any atom is 0.410 e. The first-order valence-electron chi connectivity index (χ1n) is 8.17. The highest BCUT2D eigenvalue weighted by molar-refractivity contribution is 9.10. The van der Waals surface area contributed by atoms with E-state index >= 15 is 0 Å². The Morgan fingerprint density at radius 1 is 1.39 bits per heavy atom. The zero-order chi connectivity index (χ0) is 17.0. The molecule has 1 saturated carbocycles. The molecule has 0 aromatic carbocycles. The van der Waals surface area contributed by atoms with Crippen LogP contribution in [-0.4, -0.2) is 35.7 Å². The number of thiophene rings is 1. The summed E-state index contributed by atoms with van der Waals surface area (Å²) in [6, 6.07) is 3.00. The molecule has 2 rings (SSSR count). The van der Waals surface area contributed by atoms with Crippen LogP contribution >= 0.6 is 27.3 Å². The fourth-order valence-corrected chi connectivity index (χ4v) is 4.24. The van der Waals surface area contributed by atoms with Gasteiger partial charge in [0.1, 0.15) is 5.60 Å². The van der Waals surface area contributed by atoms with Crippen molar-refractivity contribution in [3.63, 3.8) is 0 Å². The lowest BCUT2D eigenvalue weighted by Crippen LogP contribution is -2.44. The molecule has 0 atom stereocenters. The number of carbonyl (C=O) groups is 1. The van der Waals surface area contributed by atoms with E-state index in [1.807, 2.05) is 27.8 Å². The van der Waals surface area contributed by atoms with Crippen molar-refractivity contribution in [1.82, 2.24) is 10.2 Å². The van der Waals surface area contributed by atoms with Crippen molar-refractivity contribution >= 4 is 33.4 Å². The molecule has 0 unspecified atom stereocenters. The Balaban J connectivity index is 1.73. The third-order valence-corrected chi connectivity index (χ3v) is 5.81. The third kappa shape index (κ3) is 6.08. The van der Waals surface area contributed by atoms with Gasteiger partial charge in [-0.2, -0.15) is 0 Å². The second-order valence-corrected chi connectivity index (χ2v) is 9.12. The number of hydrogen-bond acceptors (Lipinski definition) is 4. The molecular formula is C17H27BrN2O2S. The van der Waals surface area contributed by atoms with Gasteiger partial charge >= 0.3 is 6.09 Å². The van der Waals surface area contributed by atoms with Crippen LogP contribution in [-0.2, 0) is 11.3 Å². The summed E-state index contributed by atoms with van der Waals surface area (Å²) in [6.07, 6.45) is 4.05.